The summed E-state index contributed by atoms with van der Waals surface area (Å²) < 4.78 is 4.94. The largest absolute Gasteiger partial charge is 0.381 e. The van der Waals surface area contributed by atoms with Gasteiger partial charge >= 0.3 is 0 Å². The number of ether oxygens (including phenoxy) is 1. The van der Waals surface area contributed by atoms with Crippen molar-refractivity contribution in [2.24, 2.45) is 0 Å². The lowest BCUT2D eigenvalue weighted by Crippen LogP contribution is -1.74. The van der Waals surface area contributed by atoms with Gasteiger partial charge in [-0.05, 0) is 12.8 Å². The van der Waals surface area contributed by atoms with E-state index in [-0.39, 0.29) is 12.3 Å². The summed E-state index contributed by atoms with van der Waals surface area (Å²) in [7, 11) is 0. The van der Waals surface area contributed by atoms with Gasteiger partial charge in [0.1, 0.15) is 0 Å². The van der Waals surface area contributed by atoms with Crippen LogP contribution in [0.3, 0.4) is 0 Å². The van der Waals surface area contributed by atoms with Crippen molar-refractivity contribution in [3.8, 4) is 0 Å². The van der Waals surface area contributed by atoms with Gasteiger partial charge in [0.2, 0.25) is 0 Å². The lowest BCUT2D eigenvalue weighted by molar-refractivity contribution is 0.198. The van der Waals surface area contributed by atoms with Gasteiger partial charge in [0.15, 0.2) is 0 Å². The monoisotopic (exact) mass is 106 g/mol. The SMILES string of the molecule is C1CCOC1.N.N. The first kappa shape index (κ1) is 9.99. The van der Waals surface area contributed by atoms with Crippen molar-refractivity contribution in [1.29, 1.82) is 0 Å². The molecular weight excluding hydrogens is 92.1 g/mol. The van der Waals surface area contributed by atoms with Crippen molar-refractivity contribution in [2.45, 2.75) is 12.8 Å². The maximum Gasteiger partial charge on any atom is 0.0466 e. The Kier molecular flexibility index (Phi) is 8.39. The van der Waals surface area contributed by atoms with Gasteiger partial charge < -0.3 is 17.0 Å². The van der Waals surface area contributed by atoms with Gasteiger partial charge in [-0.1, -0.05) is 0 Å². The molecule has 0 bridgehead atoms. The Morgan fingerprint density at radius 2 is 1.29 bits per heavy atom. The minimum absolute atomic E-state index is 0. The summed E-state index contributed by atoms with van der Waals surface area (Å²) in [6.07, 6.45) is 2.56. The van der Waals surface area contributed by atoms with Crippen molar-refractivity contribution in [1.82, 2.24) is 12.3 Å². The minimum atomic E-state index is 0. The smallest absolute Gasteiger partial charge is 0.0466 e. The van der Waals surface area contributed by atoms with Crippen molar-refractivity contribution < 1.29 is 4.74 Å². The lowest BCUT2D eigenvalue weighted by Gasteiger charge is -1.76. The van der Waals surface area contributed by atoms with Gasteiger partial charge in [0, 0.05) is 13.2 Å². The third kappa shape index (κ3) is 3.72. The molecule has 0 aromatic rings. The molecule has 1 fully saturated rings. The molecule has 3 heteroatoms. The van der Waals surface area contributed by atoms with Gasteiger partial charge in [0.05, 0.1) is 0 Å². The normalized spacial score (nSPS) is 17.1. The van der Waals surface area contributed by atoms with Crippen LogP contribution in [0, 0.1) is 0 Å². The summed E-state index contributed by atoms with van der Waals surface area (Å²) in [6, 6.07) is 0. The fraction of sp³-hybridized carbons (Fsp3) is 1.00. The molecule has 1 aliphatic rings. The molecule has 0 amide bonds. The molecule has 6 N–H and O–H groups in total. The topological polar surface area (TPSA) is 79.2 Å². The van der Waals surface area contributed by atoms with Crippen LogP contribution in [0.5, 0.6) is 0 Å². The Morgan fingerprint density at radius 1 is 0.857 bits per heavy atom. The number of hydrogen-bond acceptors (Lipinski definition) is 3. The zero-order valence-electron chi connectivity index (χ0n) is 4.65. The Hall–Kier alpha value is -0.120. The molecule has 7 heavy (non-hydrogen) atoms. The highest BCUT2D eigenvalue weighted by molar-refractivity contribution is 4.43. The van der Waals surface area contributed by atoms with Crippen LogP contribution >= 0.6 is 0 Å². The highest BCUT2D eigenvalue weighted by Gasteiger charge is 1.94. The van der Waals surface area contributed by atoms with Crippen LogP contribution in [0.2, 0.25) is 0 Å². The van der Waals surface area contributed by atoms with Crippen LogP contribution in [0.4, 0.5) is 0 Å². The first-order chi connectivity index (χ1) is 2.50. The van der Waals surface area contributed by atoms with Crippen molar-refractivity contribution in [3.63, 3.8) is 0 Å². The second-order valence-corrected chi connectivity index (χ2v) is 1.32. The highest BCUT2D eigenvalue weighted by atomic mass is 16.5. The van der Waals surface area contributed by atoms with Crippen LogP contribution in [0.1, 0.15) is 12.8 Å². The van der Waals surface area contributed by atoms with E-state index in [0.717, 1.165) is 13.2 Å². The Labute approximate surface area is 44.2 Å². The number of hydrogen-bond donors (Lipinski definition) is 2. The molecule has 0 radical (unpaired) electrons. The van der Waals surface area contributed by atoms with E-state index in [4.69, 9.17) is 4.74 Å². The third-order valence-electron chi connectivity index (χ3n) is 0.827. The molecule has 1 aliphatic heterocycles. The molecule has 0 aromatic carbocycles. The zero-order valence-corrected chi connectivity index (χ0v) is 4.65. The molecule has 0 aromatic heterocycles. The van der Waals surface area contributed by atoms with Gasteiger partial charge in [-0.25, -0.2) is 0 Å². The summed E-state index contributed by atoms with van der Waals surface area (Å²) in [5.74, 6) is 0. The average Bonchev–Trinajstić information content (AvgIpc) is 1.76. The van der Waals surface area contributed by atoms with E-state index in [2.05, 4.69) is 0 Å². The maximum atomic E-state index is 4.94. The van der Waals surface area contributed by atoms with E-state index >= 15 is 0 Å². The van der Waals surface area contributed by atoms with E-state index in [1.54, 1.807) is 0 Å². The van der Waals surface area contributed by atoms with Crippen LogP contribution in [-0.4, -0.2) is 13.2 Å². The van der Waals surface area contributed by atoms with Crippen molar-refractivity contribution >= 4 is 0 Å². The summed E-state index contributed by atoms with van der Waals surface area (Å²) in [4.78, 5) is 0. The maximum absolute atomic E-state index is 4.94. The predicted molar refractivity (Wildman–Crippen MR) is 30.1 cm³/mol. The van der Waals surface area contributed by atoms with E-state index in [9.17, 15) is 0 Å². The second-order valence-electron chi connectivity index (χ2n) is 1.32. The summed E-state index contributed by atoms with van der Waals surface area (Å²) in [6.45, 7) is 2.00. The van der Waals surface area contributed by atoms with Crippen molar-refractivity contribution in [2.75, 3.05) is 13.2 Å². The fourth-order valence-electron chi connectivity index (χ4n) is 0.510. The Bertz CT molecular complexity index is 21.3. The average molecular weight is 106 g/mol. The summed E-state index contributed by atoms with van der Waals surface area (Å²) in [5.41, 5.74) is 0. The van der Waals surface area contributed by atoms with Crippen LogP contribution in [-0.2, 0) is 4.74 Å². The van der Waals surface area contributed by atoms with Gasteiger partial charge in [-0.2, -0.15) is 0 Å². The molecule has 0 atom stereocenters. The van der Waals surface area contributed by atoms with Gasteiger partial charge in [-0.3, -0.25) is 0 Å². The molecule has 0 unspecified atom stereocenters. The Balaban J connectivity index is 0. The van der Waals surface area contributed by atoms with E-state index in [1.165, 1.54) is 12.8 Å². The standard InChI is InChI=1S/C4H8O.2H3N/c1-2-4-5-3-1;;/h1-4H2;2*1H3. The quantitative estimate of drug-likeness (QED) is 0.485. The number of rotatable bonds is 0. The molecule has 1 saturated heterocycles. The second kappa shape index (κ2) is 5.88. The van der Waals surface area contributed by atoms with Gasteiger partial charge in [0.25, 0.3) is 0 Å². The van der Waals surface area contributed by atoms with Crippen LogP contribution in [0.15, 0.2) is 0 Å². The third-order valence-corrected chi connectivity index (χ3v) is 0.827. The molecule has 0 saturated carbocycles. The summed E-state index contributed by atoms with van der Waals surface area (Å²) >= 11 is 0. The van der Waals surface area contributed by atoms with Gasteiger partial charge in [-0.15, -0.1) is 0 Å². The molecule has 3 nitrogen and oxygen atoms in total. The summed E-state index contributed by atoms with van der Waals surface area (Å²) in [5, 5.41) is 0. The van der Waals surface area contributed by atoms with Crippen molar-refractivity contribution in [3.05, 3.63) is 0 Å². The molecule has 0 aliphatic carbocycles. The zero-order chi connectivity index (χ0) is 3.54. The minimum Gasteiger partial charge on any atom is -0.381 e. The lowest BCUT2D eigenvalue weighted by atomic mass is 10.4. The Morgan fingerprint density at radius 3 is 1.43 bits per heavy atom. The molecule has 1 heterocycles. The predicted octanol–water partition coefficient (Wildman–Crippen LogP) is 1.12. The fourth-order valence-corrected chi connectivity index (χ4v) is 0.510. The molecule has 1 rings (SSSR count). The molecular formula is C4H14N2O. The molecule has 0 spiro atoms. The van der Waals surface area contributed by atoms with E-state index < -0.39 is 0 Å². The highest BCUT2D eigenvalue weighted by Crippen LogP contribution is 1.98. The van der Waals surface area contributed by atoms with E-state index in [0.29, 0.717) is 0 Å². The molecule has 46 valence electrons. The first-order valence-corrected chi connectivity index (χ1v) is 2.08. The van der Waals surface area contributed by atoms with E-state index in [1.807, 2.05) is 0 Å². The van der Waals surface area contributed by atoms with Crippen LogP contribution in [0.25, 0.3) is 0 Å². The van der Waals surface area contributed by atoms with Crippen LogP contribution < -0.4 is 12.3 Å². The first-order valence-electron chi connectivity index (χ1n) is 2.08.